The lowest BCUT2D eigenvalue weighted by Crippen LogP contribution is -2.14. The van der Waals surface area contributed by atoms with Crippen LogP contribution in [0.15, 0.2) is 18.2 Å². The van der Waals surface area contributed by atoms with E-state index in [9.17, 15) is 9.18 Å². The summed E-state index contributed by atoms with van der Waals surface area (Å²) in [5, 5.41) is 2.78. The Balaban J connectivity index is 2.66. The summed E-state index contributed by atoms with van der Waals surface area (Å²) in [6.45, 7) is 0.0330. The van der Waals surface area contributed by atoms with Crippen LogP contribution in [0.3, 0.4) is 0 Å². The number of halogens is 1. The Morgan fingerprint density at radius 2 is 2.20 bits per heavy atom. The molecule has 82 valence electrons. The fourth-order valence-electron chi connectivity index (χ4n) is 1.02. The molecule has 0 saturated heterocycles. The topological polar surface area (TPSA) is 47.6 Å². The summed E-state index contributed by atoms with van der Waals surface area (Å²) in [6.07, 6.45) is 0. The Hall–Kier alpha value is -1.78. The molecule has 0 saturated carbocycles. The molecule has 15 heavy (non-hydrogen) atoms. The monoisotopic (exact) mass is 213 g/mol. The van der Waals surface area contributed by atoms with Crippen LogP contribution in [0, 0.1) is 5.82 Å². The quantitative estimate of drug-likeness (QED) is 0.768. The molecule has 0 aliphatic heterocycles. The molecule has 1 N–H and O–H groups in total. The number of hydrogen-bond donors (Lipinski definition) is 1. The van der Waals surface area contributed by atoms with Crippen LogP contribution in [0.2, 0.25) is 0 Å². The van der Waals surface area contributed by atoms with E-state index in [-0.39, 0.29) is 12.3 Å². The van der Waals surface area contributed by atoms with Crippen molar-refractivity contribution in [2.75, 3.05) is 26.1 Å². The van der Waals surface area contributed by atoms with Crippen LogP contribution in [0.25, 0.3) is 0 Å². The normalized spacial score (nSPS) is 9.53. The van der Waals surface area contributed by atoms with Crippen molar-refractivity contribution in [1.29, 1.82) is 0 Å². The van der Waals surface area contributed by atoms with Crippen molar-refractivity contribution in [3.05, 3.63) is 24.0 Å². The minimum Gasteiger partial charge on any atom is -0.494 e. The molecule has 0 aliphatic rings. The number of esters is 1. The predicted octanol–water partition coefficient (Wildman–Crippen LogP) is 1.42. The number of carbonyl (C=O) groups excluding carboxylic acids is 1. The number of nitrogens with one attached hydrogen (secondary N) is 1. The van der Waals surface area contributed by atoms with Crippen molar-refractivity contribution in [3.63, 3.8) is 0 Å². The molecule has 1 aromatic rings. The largest absolute Gasteiger partial charge is 0.494 e. The molecule has 0 fully saturated rings. The predicted molar refractivity (Wildman–Crippen MR) is 53.5 cm³/mol. The molecule has 0 bridgehead atoms. The fourth-order valence-corrected chi connectivity index (χ4v) is 1.02. The van der Waals surface area contributed by atoms with E-state index in [1.54, 1.807) is 0 Å². The third-order valence-electron chi connectivity index (χ3n) is 1.82. The van der Waals surface area contributed by atoms with Crippen LogP contribution in [-0.2, 0) is 9.53 Å². The average Bonchev–Trinajstić information content (AvgIpc) is 2.27. The third kappa shape index (κ3) is 3.12. The zero-order valence-electron chi connectivity index (χ0n) is 8.54. The molecular weight excluding hydrogens is 201 g/mol. The maximum absolute atomic E-state index is 13.0. The summed E-state index contributed by atoms with van der Waals surface area (Å²) >= 11 is 0. The van der Waals surface area contributed by atoms with Gasteiger partial charge in [-0.15, -0.1) is 0 Å². The summed E-state index contributed by atoms with van der Waals surface area (Å²) in [6, 6.07) is 4.25. The molecule has 0 aliphatic carbocycles. The number of hydrogen-bond acceptors (Lipinski definition) is 4. The van der Waals surface area contributed by atoms with Crippen LogP contribution in [0.1, 0.15) is 0 Å². The highest BCUT2D eigenvalue weighted by Crippen LogP contribution is 2.21. The lowest BCUT2D eigenvalue weighted by Gasteiger charge is -2.07. The molecule has 0 spiro atoms. The second kappa shape index (κ2) is 5.19. The summed E-state index contributed by atoms with van der Waals surface area (Å²) < 4.78 is 22.2. The van der Waals surface area contributed by atoms with Gasteiger partial charge in [0, 0.05) is 11.8 Å². The van der Waals surface area contributed by atoms with Crippen molar-refractivity contribution in [3.8, 4) is 5.75 Å². The van der Waals surface area contributed by atoms with Gasteiger partial charge in [-0.25, -0.2) is 4.39 Å². The number of rotatable bonds is 4. The van der Waals surface area contributed by atoms with Gasteiger partial charge < -0.3 is 14.8 Å². The van der Waals surface area contributed by atoms with Crippen molar-refractivity contribution >= 4 is 11.7 Å². The van der Waals surface area contributed by atoms with E-state index in [1.165, 1.54) is 32.4 Å². The van der Waals surface area contributed by atoms with Crippen molar-refractivity contribution in [2.45, 2.75) is 0 Å². The van der Waals surface area contributed by atoms with Crippen LogP contribution in [-0.4, -0.2) is 26.7 Å². The molecule has 4 nitrogen and oxygen atoms in total. The summed E-state index contributed by atoms with van der Waals surface area (Å²) in [5.41, 5.74) is 0.596. The summed E-state index contributed by atoms with van der Waals surface area (Å²) in [4.78, 5) is 10.8. The van der Waals surface area contributed by atoms with Crippen LogP contribution in [0.4, 0.5) is 10.1 Å². The molecule has 1 aromatic carbocycles. The Kier molecular flexibility index (Phi) is 3.91. The molecule has 5 heteroatoms. The lowest BCUT2D eigenvalue weighted by atomic mass is 10.3. The minimum atomic E-state index is -0.443. The Labute approximate surface area is 87.0 Å². The maximum Gasteiger partial charge on any atom is 0.325 e. The lowest BCUT2D eigenvalue weighted by molar-refractivity contribution is -0.138. The van der Waals surface area contributed by atoms with Crippen molar-refractivity contribution in [2.24, 2.45) is 0 Å². The van der Waals surface area contributed by atoms with Crippen molar-refractivity contribution in [1.82, 2.24) is 0 Å². The first-order valence-corrected chi connectivity index (χ1v) is 4.31. The van der Waals surface area contributed by atoms with E-state index in [4.69, 9.17) is 4.74 Å². The van der Waals surface area contributed by atoms with Gasteiger partial charge >= 0.3 is 5.97 Å². The molecule has 0 radical (unpaired) electrons. The number of anilines is 1. The molecule has 0 unspecified atom stereocenters. The molecule has 0 amide bonds. The standard InChI is InChI=1S/C10H12FNO3/c1-14-9-5-7(3-4-8(9)11)12-6-10(13)15-2/h3-5,12H,6H2,1-2H3. The molecule has 0 atom stereocenters. The average molecular weight is 213 g/mol. The molecule has 1 rings (SSSR count). The minimum absolute atomic E-state index is 0.0330. The maximum atomic E-state index is 13.0. The fraction of sp³-hybridized carbons (Fsp3) is 0.300. The summed E-state index contributed by atoms with van der Waals surface area (Å²) in [5.74, 6) is -0.704. The Morgan fingerprint density at radius 1 is 1.47 bits per heavy atom. The van der Waals surface area contributed by atoms with E-state index in [1.807, 2.05) is 0 Å². The highest BCUT2D eigenvalue weighted by molar-refractivity contribution is 5.74. The second-order valence-electron chi connectivity index (χ2n) is 2.78. The van der Waals surface area contributed by atoms with Gasteiger partial charge in [0.1, 0.15) is 6.54 Å². The van der Waals surface area contributed by atoms with Crippen molar-refractivity contribution < 1.29 is 18.7 Å². The third-order valence-corrected chi connectivity index (χ3v) is 1.82. The van der Waals surface area contributed by atoms with Crippen LogP contribution in [0.5, 0.6) is 5.75 Å². The number of carbonyl (C=O) groups is 1. The molecule has 0 heterocycles. The molecular formula is C10H12FNO3. The summed E-state index contributed by atoms with van der Waals surface area (Å²) in [7, 11) is 2.68. The SMILES string of the molecule is COC(=O)CNc1ccc(F)c(OC)c1. The van der Waals surface area contributed by atoms with E-state index >= 15 is 0 Å². The van der Waals surface area contributed by atoms with Gasteiger partial charge in [0.15, 0.2) is 11.6 Å². The van der Waals surface area contributed by atoms with E-state index < -0.39 is 11.8 Å². The smallest absolute Gasteiger partial charge is 0.325 e. The first-order valence-electron chi connectivity index (χ1n) is 4.31. The zero-order valence-corrected chi connectivity index (χ0v) is 8.54. The highest BCUT2D eigenvalue weighted by Gasteiger charge is 2.04. The highest BCUT2D eigenvalue weighted by atomic mass is 19.1. The van der Waals surface area contributed by atoms with Gasteiger partial charge in [-0.3, -0.25) is 4.79 Å². The number of benzene rings is 1. The Morgan fingerprint density at radius 3 is 2.80 bits per heavy atom. The van der Waals surface area contributed by atoms with Crippen LogP contribution >= 0.6 is 0 Å². The zero-order chi connectivity index (χ0) is 11.3. The number of ether oxygens (including phenoxy) is 2. The van der Waals surface area contributed by atoms with E-state index in [0.29, 0.717) is 5.69 Å². The van der Waals surface area contributed by atoms with Gasteiger partial charge in [0.25, 0.3) is 0 Å². The van der Waals surface area contributed by atoms with Gasteiger partial charge in [-0.1, -0.05) is 0 Å². The van der Waals surface area contributed by atoms with Gasteiger partial charge in [-0.2, -0.15) is 0 Å². The van der Waals surface area contributed by atoms with E-state index in [2.05, 4.69) is 10.1 Å². The number of methoxy groups -OCH3 is 2. The van der Waals surface area contributed by atoms with E-state index in [0.717, 1.165) is 0 Å². The van der Waals surface area contributed by atoms with Crippen LogP contribution < -0.4 is 10.1 Å². The first kappa shape index (κ1) is 11.3. The first-order chi connectivity index (χ1) is 7.17. The molecule has 0 aromatic heterocycles. The second-order valence-corrected chi connectivity index (χ2v) is 2.78. The Bertz CT molecular complexity index is 355. The van der Waals surface area contributed by atoms with Gasteiger partial charge in [-0.05, 0) is 12.1 Å². The van der Waals surface area contributed by atoms with Gasteiger partial charge in [0.05, 0.1) is 14.2 Å². The van der Waals surface area contributed by atoms with Gasteiger partial charge in [0.2, 0.25) is 0 Å².